The van der Waals surface area contributed by atoms with E-state index in [1.807, 2.05) is 47.0 Å². The molecule has 0 saturated carbocycles. The molecule has 1 amide bonds. The quantitative estimate of drug-likeness (QED) is 0.464. The molecule has 0 fully saturated rings. The zero-order valence-corrected chi connectivity index (χ0v) is 17.3. The second kappa shape index (κ2) is 9.12. The van der Waals surface area contributed by atoms with Crippen molar-refractivity contribution >= 4 is 11.7 Å². The molecule has 0 bridgehead atoms. The van der Waals surface area contributed by atoms with Crippen molar-refractivity contribution in [1.82, 2.24) is 35.4 Å². The van der Waals surface area contributed by atoms with Crippen LogP contribution in [0.1, 0.15) is 35.9 Å². The average Bonchev–Trinajstić information content (AvgIpc) is 3.30. The van der Waals surface area contributed by atoms with Crippen molar-refractivity contribution in [3.05, 3.63) is 84.4 Å². The average molecular weight is 414 g/mol. The number of anilines is 1. The third-order valence-electron chi connectivity index (χ3n) is 4.59. The Morgan fingerprint density at radius 3 is 2.58 bits per heavy atom. The first-order valence-electron chi connectivity index (χ1n) is 9.89. The fourth-order valence-electron chi connectivity index (χ4n) is 3.04. The number of aromatic nitrogens is 6. The number of pyridine rings is 1. The van der Waals surface area contributed by atoms with E-state index in [0.29, 0.717) is 35.1 Å². The van der Waals surface area contributed by atoms with Crippen LogP contribution in [0, 0.1) is 0 Å². The molecular weight excluding hydrogens is 392 g/mol. The first-order chi connectivity index (χ1) is 15.1. The lowest BCUT2D eigenvalue weighted by Crippen LogP contribution is -2.42. The zero-order chi connectivity index (χ0) is 21.6. The lowest BCUT2D eigenvalue weighted by atomic mass is 10.2. The van der Waals surface area contributed by atoms with Gasteiger partial charge in [0.2, 0.25) is 0 Å². The van der Waals surface area contributed by atoms with E-state index in [1.54, 1.807) is 35.7 Å². The molecule has 31 heavy (non-hydrogen) atoms. The van der Waals surface area contributed by atoms with Gasteiger partial charge in [-0.05, 0) is 50.2 Å². The highest BCUT2D eigenvalue weighted by molar-refractivity contribution is 5.94. The Hall–Kier alpha value is -4.14. The Balaban J connectivity index is 1.68. The first kappa shape index (κ1) is 20.1. The number of nitrogens with one attached hydrogen (secondary N) is 1. The molecule has 0 aliphatic rings. The Morgan fingerprint density at radius 1 is 1.00 bits per heavy atom. The molecule has 156 valence electrons. The maximum atomic E-state index is 12.8. The van der Waals surface area contributed by atoms with Crippen molar-refractivity contribution < 1.29 is 4.79 Å². The Morgan fingerprint density at radius 2 is 1.84 bits per heavy atom. The maximum absolute atomic E-state index is 12.8. The van der Waals surface area contributed by atoms with Crippen molar-refractivity contribution in [3.8, 4) is 11.5 Å². The van der Waals surface area contributed by atoms with Gasteiger partial charge in [-0.15, -0.1) is 10.2 Å². The second-order valence-corrected chi connectivity index (χ2v) is 7.14. The zero-order valence-electron chi connectivity index (χ0n) is 17.3. The Kier molecular flexibility index (Phi) is 5.93. The molecule has 0 aliphatic heterocycles. The number of carbonyl (C=O) groups is 1. The minimum atomic E-state index is -0.248. The number of rotatable bonds is 7. The molecule has 0 aliphatic carbocycles. The van der Waals surface area contributed by atoms with Gasteiger partial charge in [-0.1, -0.05) is 24.3 Å². The summed E-state index contributed by atoms with van der Waals surface area (Å²) in [4.78, 5) is 17.6. The molecule has 1 aromatic carbocycles. The predicted molar refractivity (Wildman–Crippen MR) is 116 cm³/mol. The van der Waals surface area contributed by atoms with Crippen LogP contribution >= 0.6 is 0 Å². The summed E-state index contributed by atoms with van der Waals surface area (Å²) in [5, 5.41) is 18.0. The molecule has 3 aromatic heterocycles. The number of benzene rings is 1. The van der Waals surface area contributed by atoms with Crippen molar-refractivity contribution in [2.24, 2.45) is 0 Å². The number of amides is 1. The van der Waals surface area contributed by atoms with E-state index >= 15 is 0 Å². The topological polar surface area (TPSA) is 102 Å². The first-order valence-corrected chi connectivity index (χ1v) is 9.89. The van der Waals surface area contributed by atoms with E-state index in [-0.39, 0.29) is 11.9 Å². The summed E-state index contributed by atoms with van der Waals surface area (Å²) in [6, 6.07) is 18.4. The number of hydrazine groups is 1. The molecule has 4 rings (SSSR count). The van der Waals surface area contributed by atoms with Crippen LogP contribution in [0.4, 0.5) is 5.82 Å². The lowest BCUT2D eigenvalue weighted by molar-refractivity contribution is 0.0947. The minimum absolute atomic E-state index is 0.184. The van der Waals surface area contributed by atoms with E-state index in [4.69, 9.17) is 4.98 Å². The lowest BCUT2D eigenvalue weighted by Gasteiger charge is -2.24. The van der Waals surface area contributed by atoms with Crippen LogP contribution in [0.25, 0.3) is 11.5 Å². The summed E-state index contributed by atoms with van der Waals surface area (Å²) in [6.07, 6.45) is 3.29. The van der Waals surface area contributed by atoms with Crippen LogP contribution in [0.2, 0.25) is 0 Å². The summed E-state index contributed by atoms with van der Waals surface area (Å²) in [5.74, 6) is 0.957. The summed E-state index contributed by atoms with van der Waals surface area (Å²) in [6.45, 7) is 4.40. The van der Waals surface area contributed by atoms with E-state index in [9.17, 15) is 4.79 Å². The fraction of sp³-hybridized carbons (Fsp3) is 0.182. The molecule has 0 radical (unpaired) electrons. The molecular formula is C22H22N8O. The van der Waals surface area contributed by atoms with Crippen LogP contribution in [0.3, 0.4) is 0 Å². The molecule has 4 aromatic rings. The van der Waals surface area contributed by atoms with Crippen molar-refractivity contribution in [1.29, 1.82) is 0 Å². The highest BCUT2D eigenvalue weighted by Crippen LogP contribution is 2.21. The molecule has 0 atom stereocenters. The molecule has 3 heterocycles. The van der Waals surface area contributed by atoms with Gasteiger partial charge in [0.05, 0.1) is 12.2 Å². The predicted octanol–water partition coefficient (Wildman–Crippen LogP) is 3.06. The smallest absolute Gasteiger partial charge is 0.269 e. The third-order valence-corrected chi connectivity index (χ3v) is 4.59. The van der Waals surface area contributed by atoms with Gasteiger partial charge in [-0.3, -0.25) is 15.2 Å². The van der Waals surface area contributed by atoms with Crippen molar-refractivity contribution in [3.63, 3.8) is 0 Å². The van der Waals surface area contributed by atoms with Crippen LogP contribution in [-0.4, -0.2) is 35.9 Å². The van der Waals surface area contributed by atoms with Crippen molar-refractivity contribution in [2.75, 3.05) is 5.01 Å². The minimum Gasteiger partial charge on any atom is -0.310 e. The standard InChI is InChI=1S/C22H22N8O/c1-16(2)29-15-24-27-21(29)19-11-6-12-20(25-19)30(14-18-10-7-13-23-26-18)28-22(31)17-8-4-3-5-9-17/h3-13,15-16H,14H2,1-2H3,(H,28,31). The van der Waals surface area contributed by atoms with Crippen LogP contribution in [-0.2, 0) is 6.54 Å². The van der Waals surface area contributed by atoms with Gasteiger partial charge in [-0.25, -0.2) is 4.98 Å². The van der Waals surface area contributed by atoms with Gasteiger partial charge in [0.25, 0.3) is 5.91 Å². The number of hydrogen-bond donors (Lipinski definition) is 1. The highest BCUT2D eigenvalue weighted by Gasteiger charge is 2.17. The molecule has 1 N–H and O–H groups in total. The van der Waals surface area contributed by atoms with Crippen LogP contribution in [0.5, 0.6) is 0 Å². The molecule has 0 spiro atoms. The van der Waals surface area contributed by atoms with E-state index in [1.165, 1.54) is 0 Å². The third kappa shape index (κ3) is 4.72. The van der Waals surface area contributed by atoms with Crippen LogP contribution in [0.15, 0.2) is 73.2 Å². The van der Waals surface area contributed by atoms with Crippen LogP contribution < -0.4 is 10.4 Å². The van der Waals surface area contributed by atoms with E-state index < -0.39 is 0 Å². The van der Waals surface area contributed by atoms with Gasteiger partial charge in [-0.2, -0.15) is 10.2 Å². The molecule has 0 unspecified atom stereocenters. The van der Waals surface area contributed by atoms with Gasteiger partial charge in [0.15, 0.2) is 5.82 Å². The molecule has 0 saturated heterocycles. The maximum Gasteiger partial charge on any atom is 0.269 e. The summed E-state index contributed by atoms with van der Waals surface area (Å²) >= 11 is 0. The number of carbonyl (C=O) groups excluding carboxylic acids is 1. The largest absolute Gasteiger partial charge is 0.310 e. The van der Waals surface area contributed by atoms with Crippen molar-refractivity contribution in [2.45, 2.75) is 26.4 Å². The molecule has 9 heteroatoms. The summed E-state index contributed by atoms with van der Waals surface area (Å²) in [7, 11) is 0. The monoisotopic (exact) mass is 414 g/mol. The highest BCUT2D eigenvalue weighted by atomic mass is 16.2. The van der Waals surface area contributed by atoms with E-state index in [2.05, 4.69) is 39.7 Å². The SMILES string of the molecule is CC(C)n1cnnc1-c1cccc(N(Cc2cccnn2)NC(=O)c2ccccc2)n1. The Bertz CT molecular complexity index is 1140. The van der Waals surface area contributed by atoms with E-state index in [0.717, 1.165) is 0 Å². The van der Waals surface area contributed by atoms with Gasteiger partial charge in [0.1, 0.15) is 17.8 Å². The fourth-order valence-corrected chi connectivity index (χ4v) is 3.04. The van der Waals surface area contributed by atoms with Gasteiger partial charge in [0, 0.05) is 17.8 Å². The number of nitrogens with zero attached hydrogens (tertiary/aromatic N) is 7. The number of hydrogen-bond acceptors (Lipinski definition) is 7. The normalized spacial score (nSPS) is 10.8. The Labute approximate surface area is 179 Å². The summed E-state index contributed by atoms with van der Waals surface area (Å²) < 4.78 is 1.95. The molecule has 9 nitrogen and oxygen atoms in total. The van der Waals surface area contributed by atoms with Gasteiger partial charge < -0.3 is 4.57 Å². The second-order valence-electron chi connectivity index (χ2n) is 7.14. The van der Waals surface area contributed by atoms with Gasteiger partial charge >= 0.3 is 0 Å². The summed E-state index contributed by atoms with van der Waals surface area (Å²) in [5.41, 5.74) is 4.82.